The van der Waals surface area contributed by atoms with Crippen molar-refractivity contribution in [2.75, 3.05) is 26.0 Å². The molecule has 0 saturated carbocycles. The predicted molar refractivity (Wildman–Crippen MR) is 110 cm³/mol. The molecule has 0 bridgehead atoms. The Labute approximate surface area is 168 Å². The summed E-state index contributed by atoms with van der Waals surface area (Å²) in [5.41, 5.74) is 1.80. The topological polar surface area (TPSA) is 60.4 Å². The lowest BCUT2D eigenvalue weighted by Gasteiger charge is -2.33. The fraction of sp³-hybridized carbons (Fsp3) is 0.333. The minimum absolute atomic E-state index is 0.132. The number of rotatable bonds is 3. The van der Waals surface area contributed by atoms with E-state index in [1.807, 2.05) is 49.4 Å². The normalized spacial score (nSPS) is 20.1. The summed E-state index contributed by atoms with van der Waals surface area (Å²) in [7, 11) is 1.62. The number of amidine groups is 1. The predicted octanol–water partition coefficient (Wildman–Crippen LogP) is 3.80. The smallest absolute Gasteiger partial charge is 0.273 e. The third-order valence-electron chi connectivity index (χ3n) is 4.59. The average Bonchev–Trinajstić information content (AvgIpc) is 2.73. The van der Waals surface area contributed by atoms with Gasteiger partial charge in [-0.25, -0.2) is 4.99 Å². The van der Waals surface area contributed by atoms with E-state index in [9.17, 15) is 4.79 Å². The number of amides is 1. The van der Waals surface area contributed by atoms with Crippen LogP contribution in [0.4, 0.5) is 5.69 Å². The molecule has 2 heterocycles. The highest BCUT2D eigenvalue weighted by Crippen LogP contribution is 2.33. The van der Waals surface area contributed by atoms with Crippen molar-refractivity contribution in [1.29, 1.82) is 0 Å². The lowest BCUT2D eigenvalue weighted by Crippen LogP contribution is -2.49. The summed E-state index contributed by atoms with van der Waals surface area (Å²) in [5, 5.41) is 0.669. The number of para-hydroxylation sites is 2. The van der Waals surface area contributed by atoms with Crippen LogP contribution in [0.25, 0.3) is 0 Å². The number of hydrogen-bond donors (Lipinski definition) is 0. The van der Waals surface area contributed by atoms with E-state index in [1.165, 1.54) is 0 Å². The molecule has 0 unspecified atom stereocenters. The van der Waals surface area contributed by atoms with Gasteiger partial charge in [0.15, 0.2) is 16.7 Å². The Bertz CT molecular complexity index is 915. The van der Waals surface area contributed by atoms with Gasteiger partial charge in [0.05, 0.1) is 7.11 Å². The summed E-state index contributed by atoms with van der Waals surface area (Å²) in [6.45, 7) is 2.81. The Hall–Kier alpha value is -2.67. The third kappa shape index (κ3) is 3.80. The standard InChI is InChI=1S/C21H22N2O4S/c1-14-8-9-16(25-2)15(12-14)22-21-23(10-5-11-28-21)20(24)19-13-26-17-6-3-4-7-18(17)27-19/h3-4,6-9,12,19H,5,10-11,13H2,1-2H3/t19-/m1/s1. The third-order valence-corrected chi connectivity index (χ3v) is 5.65. The number of benzene rings is 2. The van der Waals surface area contributed by atoms with Crippen LogP contribution in [-0.4, -0.2) is 48.1 Å². The molecule has 2 aliphatic heterocycles. The molecule has 28 heavy (non-hydrogen) atoms. The Morgan fingerprint density at radius 3 is 2.89 bits per heavy atom. The number of aliphatic imine (C=N–C) groups is 1. The van der Waals surface area contributed by atoms with Crippen molar-refractivity contribution in [1.82, 2.24) is 4.90 Å². The second-order valence-electron chi connectivity index (χ2n) is 6.63. The first-order chi connectivity index (χ1) is 13.7. The van der Waals surface area contributed by atoms with E-state index >= 15 is 0 Å². The summed E-state index contributed by atoms with van der Waals surface area (Å²) in [6, 6.07) is 13.2. The lowest BCUT2D eigenvalue weighted by molar-refractivity contribution is -0.137. The highest BCUT2D eigenvalue weighted by Gasteiger charge is 2.34. The Morgan fingerprint density at radius 1 is 1.25 bits per heavy atom. The fourth-order valence-corrected chi connectivity index (χ4v) is 4.12. The molecule has 0 aromatic heterocycles. The number of nitrogens with zero attached hydrogens (tertiary/aromatic N) is 2. The van der Waals surface area contributed by atoms with Gasteiger partial charge in [-0.15, -0.1) is 0 Å². The number of carbonyl (C=O) groups excluding carboxylic acids is 1. The highest BCUT2D eigenvalue weighted by atomic mass is 32.2. The summed E-state index contributed by atoms with van der Waals surface area (Å²) in [5.74, 6) is 2.73. The number of hydrogen-bond acceptors (Lipinski definition) is 6. The maximum absolute atomic E-state index is 13.2. The SMILES string of the molecule is COc1ccc(C)cc1N=C1SCCCN1C(=O)[C@H]1COc2ccccc2O1. The molecule has 1 fully saturated rings. The summed E-state index contributed by atoms with van der Waals surface area (Å²) < 4.78 is 17.0. The van der Waals surface area contributed by atoms with E-state index in [1.54, 1.807) is 23.8 Å². The zero-order valence-electron chi connectivity index (χ0n) is 15.9. The van der Waals surface area contributed by atoms with Gasteiger partial charge in [-0.3, -0.25) is 9.69 Å². The minimum Gasteiger partial charge on any atom is -0.494 e. The molecule has 2 aliphatic rings. The quantitative estimate of drug-likeness (QED) is 0.787. The van der Waals surface area contributed by atoms with Crippen molar-refractivity contribution in [3.63, 3.8) is 0 Å². The number of ether oxygens (including phenoxy) is 3. The van der Waals surface area contributed by atoms with Crippen LogP contribution >= 0.6 is 11.8 Å². The monoisotopic (exact) mass is 398 g/mol. The number of aryl methyl sites for hydroxylation is 1. The van der Waals surface area contributed by atoms with Gasteiger partial charge in [0, 0.05) is 12.3 Å². The fourth-order valence-electron chi connectivity index (χ4n) is 3.16. The van der Waals surface area contributed by atoms with Crippen molar-refractivity contribution >= 4 is 28.5 Å². The van der Waals surface area contributed by atoms with Crippen LogP contribution in [0.15, 0.2) is 47.5 Å². The number of carbonyl (C=O) groups is 1. The van der Waals surface area contributed by atoms with Crippen molar-refractivity contribution < 1.29 is 19.0 Å². The molecule has 0 radical (unpaired) electrons. The largest absolute Gasteiger partial charge is 0.494 e. The molecule has 2 aromatic rings. The van der Waals surface area contributed by atoms with Gasteiger partial charge >= 0.3 is 0 Å². The molecule has 6 nitrogen and oxygen atoms in total. The van der Waals surface area contributed by atoms with Crippen molar-refractivity contribution in [3.05, 3.63) is 48.0 Å². The second kappa shape index (κ2) is 8.14. The molecule has 1 amide bonds. The van der Waals surface area contributed by atoms with Gasteiger partial charge < -0.3 is 14.2 Å². The minimum atomic E-state index is -0.682. The molecule has 2 aromatic carbocycles. The van der Waals surface area contributed by atoms with Crippen LogP contribution in [0.5, 0.6) is 17.2 Å². The van der Waals surface area contributed by atoms with Crippen molar-refractivity contribution in [2.45, 2.75) is 19.4 Å². The van der Waals surface area contributed by atoms with Gasteiger partial charge in [-0.1, -0.05) is 30.0 Å². The van der Waals surface area contributed by atoms with Gasteiger partial charge in [-0.2, -0.15) is 0 Å². The lowest BCUT2D eigenvalue weighted by atomic mass is 10.2. The van der Waals surface area contributed by atoms with Crippen LogP contribution in [0.1, 0.15) is 12.0 Å². The molecule has 146 valence electrons. The van der Waals surface area contributed by atoms with E-state index in [0.29, 0.717) is 29.0 Å². The first kappa shape index (κ1) is 18.7. The number of thioether (sulfide) groups is 1. The molecule has 0 spiro atoms. The van der Waals surface area contributed by atoms with Crippen molar-refractivity contribution in [2.24, 2.45) is 4.99 Å². The zero-order valence-corrected chi connectivity index (χ0v) is 16.7. The maximum Gasteiger partial charge on any atom is 0.273 e. The van der Waals surface area contributed by atoms with Crippen LogP contribution < -0.4 is 14.2 Å². The van der Waals surface area contributed by atoms with E-state index in [2.05, 4.69) is 0 Å². The van der Waals surface area contributed by atoms with Crippen LogP contribution in [-0.2, 0) is 4.79 Å². The Kier molecular flexibility index (Phi) is 5.43. The molecule has 7 heteroatoms. The first-order valence-electron chi connectivity index (χ1n) is 9.21. The summed E-state index contributed by atoms with van der Waals surface area (Å²) in [6.07, 6.45) is 0.225. The molecular weight excluding hydrogens is 376 g/mol. The average molecular weight is 398 g/mol. The second-order valence-corrected chi connectivity index (χ2v) is 7.69. The van der Waals surface area contributed by atoms with E-state index < -0.39 is 6.10 Å². The molecule has 1 atom stereocenters. The number of fused-ring (bicyclic) bond motifs is 1. The molecular formula is C21H22N2O4S. The number of methoxy groups -OCH3 is 1. The summed E-state index contributed by atoms with van der Waals surface area (Å²) in [4.78, 5) is 19.6. The highest BCUT2D eigenvalue weighted by molar-refractivity contribution is 8.13. The van der Waals surface area contributed by atoms with Gasteiger partial charge in [0.2, 0.25) is 6.10 Å². The zero-order chi connectivity index (χ0) is 19.5. The Morgan fingerprint density at radius 2 is 2.07 bits per heavy atom. The molecule has 0 N–H and O–H groups in total. The summed E-state index contributed by atoms with van der Waals surface area (Å²) >= 11 is 1.57. The van der Waals surface area contributed by atoms with Gasteiger partial charge in [0.1, 0.15) is 18.0 Å². The van der Waals surface area contributed by atoms with Crippen LogP contribution in [0.2, 0.25) is 0 Å². The van der Waals surface area contributed by atoms with E-state index in [-0.39, 0.29) is 12.5 Å². The van der Waals surface area contributed by atoms with E-state index in [4.69, 9.17) is 19.2 Å². The van der Waals surface area contributed by atoms with Gasteiger partial charge in [-0.05, 0) is 43.2 Å². The first-order valence-corrected chi connectivity index (χ1v) is 10.2. The van der Waals surface area contributed by atoms with Crippen LogP contribution in [0, 0.1) is 6.92 Å². The molecule has 0 aliphatic carbocycles. The van der Waals surface area contributed by atoms with Gasteiger partial charge in [0.25, 0.3) is 5.91 Å². The van der Waals surface area contributed by atoms with E-state index in [0.717, 1.165) is 23.4 Å². The molecule has 1 saturated heterocycles. The van der Waals surface area contributed by atoms with Crippen LogP contribution in [0.3, 0.4) is 0 Å². The maximum atomic E-state index is 13.2. The molecule has 4 rings (SSSR count). The Balaban J connectivity index is 1.59. The van der Waals surface area contributed by atoms with Crippen molar-refractivity contribution in [3.8, 4) is 17.2 Å².